The lowest BCUT2D eigenvalue weighted by atomic mass is 10.1. The molecule has 0 bridgehead atoms. The van der Waals surface area contributed by atoms with Crippen molar-refractivity contribution in [1.82, 2.24) is 34.9 Å². The van der Waals surface area contributed by atoms with Crippen LogP contribution in [0.25, 0.3) is 16.6 Å². The Hall–Kier alpha value is -2.88. The van der Waals surface area contributed by atoms with Crippen LogP contribution in [0.1, 0.15) is 30.1 Å². The first-order valence-electron chi connectivity index (χ1n) is 8.34. The molecule has 0 amide bonds. The van der Waals surface area contributed by atoms with Gasteiger partial charge in [0.15, 0.2) is 11.5 Å². The fourth-order valence-corrected chi connectivity index (χ4v) is 4.22. The highest BCUT2D eigenvalue weighted by Crippen LogP contribution is 2.41. The van der Waals surface area contributed by atoms with Crippen LogP contribution >= 0.6 is 11.8 Å². The SMILES string of the molecule is CCCc1nnc2n1NC(c1cc3cc(OC)ccc3n3nnnc13)S2. The second-order valence-corrected chi connectivity index (χ2v) is 7.12. The molecule has 1 aromatic carbocycles. The molecule has 132 valence electrons. The number of aromatic nitrogens is 7. The minimum Gasteiger partial charge on any atom is -0.497 e. The van der Waals surface area contributed by atoms with Crippen LogP contribution in [0, 0.1) is 0 Å². The summed E-state index contributed by atoms with van der Waals surface area (Å²) < 4.78 is 9.09. The van der Waals surface area contributed by atoms with E-state index in [0.717, 1.165) is 51.7 Å². The minimum absolute atomic E-state index is 0.0415. The molecule has 4 aromatic rings. The lowest BCUT2D eigenvalue weighted by Crippen LogP contribution is -2.16. The van der Waals surface area contributed by atoms with Crippen molar-refractivity contribution in [1.29, 1.82) is 0 Å². The van der Waals surface area contributed by atoms with Crippen LogP contribution < -0.4 is 10.2 Å². The zero-order valence-corrected chi connectivity index (χ0v) is 15.1. The van der Waals surface area contributed by atoms with E-state index in [1.54, 1.807) is 23.4 Å². The maximum Gasteiger partial charge on any atom is 0.212 e. The zero-order chi connectivity index (χ0) is 17.7. The molecule has 1 atom stereocenters. The van der Waals surface area contributed by atoms with Crippen molar-refractivity contribution in [3.05, 3.63) is 35.7 Å². The molecule has 0 aliphatic carbocycles. The van der Waals surface area contributed by atoms with E-state index < -0.39 is 0 Å². The van der Waals surface area contributed by atoms with Gasteiger partial charge in [-0.2, -0.15) is 4.52 Å². The van der Waals surface area contributed by atoms with Gasteiger partial charge in [-0.25, -0.2) is 4.68 Å². The third kappa shape index (κ3) is 2.22. The van der Waals surface area contributed by atoms with Gasteiger partial charge in [-0.05, 0) is 41.1 Å². The van der Waals surface area contributed by atoms with E-state index in [2.05, 4.69) is 44.1 Å². The van der Waals surface area contributed by atoms with Crippen LogP contribution in [0.2, 0.25) is 0 Å². The molecule has 3 aromatic heterocycles. The molecule has 0 saturated carbocycles. The summed E-state index contributed by atoms with van der Waals surface area (Å²) in [7, 11) is 1.66. The molecule has 26 heavy (non-hydrogen) atoms. The fraction of sp³-hybridized carbons (Fsp3) is 0.312. The largest absolute Gasteiger partial charge is 0.497 e. The molecule has 0 spiro atoms. The Morgan fingerprint density at radius 3 is 3.00 bits per heavy atom. The highest BCUT2D eigenvalue weighted by atomic mass is 32.2. The van der Waals surface area contributed by atoms with Crippen LogP contribution in [-0.2, 0) is 6.42 Å². The van der Waals surface area contributed by atoms with Gasteiger partial charge in [0.2, 0.25) is 5.16 Å². The standard InChI is InChI=1S/C16H16N8OS/c1-3-4-13-17-19-16-24(13)20-15(26-16)11-8-9-7-10(25-2)5-6-12(9)23-14(11)18-21-22-23/h5-8,15,20H,3-4H2,1-2H3. The van der Waals surface area contributed by atoms with Gasteiger partial charge in [-0.3, -0.25) is 0 Å². The average molecular weight is 368 g/mol. The number of thioether (sulfide) groups is 1. The molecular weight excluding hydrogens is 352 g/mol. The topological polar surface area (TPSA) is 95.0 Å². The van der Waals surface area contributed by atoms with E-state index in [1.165, 1.54) is 0 Å². The highest BCUT2D eigenvalue weighted by Gasteiger charge is 2.30. The maximum atomic E-state index is 5.36. The Balaban J connectivity index is 1.63. The molecule has 0 saturated heterocycles. The third-order valence-electron chi connectivity index (χ3n) is 4.43. The van der Waals surface area contributed by atoms with Crippen LogP contribution in [0.4, 0.5) is 0 Å². The van der Waals surface area contributed by atoms with Crippen molar-refractivity contribution in [3.63, 3.8) is 0 Å². The van der Waals surface area contributed by atoms with Crippen molar-refractivity contribution in [2.45, 2.75) is 30.3 Å². The number of rotatable bonds is 4. The van der Waals surface area contributed by atoms with Crippen LogP contribution in [0.5, 0.6) is 5.75 Å². The van der Waals surface area contributed by atoms with E-state index in [-0.39, 0.29) is 5.37 Å². The maximum absolute atomic E-state index is 5.36. The Labute approximate surface area is 152 Å². The van der Waals surface area contributed by atoms with Gasteiger partial charge in [0.05, 0.1) is 12.6 Å². The summed E-state index contributed by atoms with van der Waals surface area (Å²) in [4.78, 5) is 0. The van der Waals surface area contributed by atoms with Gasteiger partial charge in [0.25, 0.3) is 0 Å². The molecule has 1 aliphatic heterocycles. The Morgan fingerprint density at radius 2 is 2.15 bits per heavy atom. The van der Waals surface area contributed by atoms with E-state index in [4.69, 9.17) is 4.74 Å². The molecule has 1 aliphatic rings. The summed E-state index contributed by atoms with van der Waals surface area (Å²) in [5.41, 5.74) is 6.13. The van der Waals surface area contributed by atoms with Crippen molar-refractivity contribution in [3.8, 4) is 5.75 Å². The normalized spacial score (nSPS) is 16.2. The monoisotopic (exact) mass is 368 g/mol. The summed E-state index contributed by atoms with van der Waals surface area (Å²) in [6, 6.07) is 7.96. The zero-order valence-electron chi connectivity index (χ0n) is 14.2. The summed E-state index contributed by atoms with van der Waals surface area (Å²) in [6.45, 7) is 2.13. The van der Waals surface area contributed by atoms with Crippen molar-refractivity contribution < 1.29 is 4.74 Å². The predicted octanol–water partition coefficient (Wildman–Crippen LogP) is 2.18. The average Bonchev–Trinajstić information content (AvgIpc) is 3.37. The number of hydrogen-bond acceptors (Lipinski definition) is 8. The second kappa shape index (κ2) is 5.84. The van der Waals surface area contributed by atoms with Gasteiger partial charge in [-0.1, -0.05) is 18.7 Å². The molecule has 1 unspecified atom stereocenters. The number of tetrazole rings is 1. The molecule has 5 rings (SSSR count). The van der Waals surface area contributed by atoms with Gasteiger partial charge < -0.3 is 10.2 Å². The number of nitrogens with one attached hydrogen (secondary N) is 1. The van der Waals surface area contributed by atoms with Crippen molar-refractivity contribution >= 4 is 28.3 Å². The number of methoxy groups -OCH3 is 1. The van der Waals surface area contributed by atoms with E-state index in [0.29, 0.717) is 0 Å². The number of fused-ring (bicyclic) bond motifs is 4. The molecule has 4 heterocycles. The van der Waals surface area contributed by atoms with Crippen molar-refractivity contribution in [2.75, 3.05) is 12.5 Å². The first kappa shape index (κ1) is 15.4. The summed E-state index contributed by atoms with van der Waals surface area (Å²) in [5.74, 6) is 1.74. The summed E-state index contributed by atoms with van der Waals surface area (Å²) in [5, 5.41) is 22.6. The van der Waals surface area contributed by atoms with Gasteiger partial charge >= 0.3 is 0 Å². The first-order chi connectivity index (χ1) is 12.8. The molecule has 10 heteroatoms. The fourth-order valence-electron chi connectivity index (χ4n) is 3.20. The second-order valence-electron chi connectivity index (χ2n) is 6.05. The first-order valence-corrected chi connectivity index (χ1v) is 9.22. The van der Waals surface area contributed by atoms with Crippen LogP contribution in [0.3, 0.4) is 0 Å². The van der Waals surface area contributed by atoms with Gasteiger partial charge in [-0.15, -0.1) is 15.3 Å². The summed E-state index contributed by atoms with van der Waals surface area (Å²) >= 11 is 1.61. The Bertz CT molecular complexity index is 1120. The number of hydrogen-bond donors (Lipinski definition) is 1. The van der Waals surface area contributed by atoms with Gasteiger partial charge in [0.1, 0.15) is 11.1 Å². The number of benzene rings is 1. The third-order valence-corrected chi connectivity index (χ3v) is 5.50. The predicted molar refractivity (Wildman–Crippen MR) is 96.8 cm³/mol. The minimum atomic E-state index is -0.0415. The van der Waals surface area contributed by atoms with E-state index in [1.807, 2.05) is 22.9 Å². The van der Waals surface area contributed by atoms with E-state index >= 15 is 0 Å². The number of nitrogens with zero attached hydrogens (tertiary/aromatic N) is 7. The van der Waals surface area contributed by atoms with Crippen molar-refractivity contribution in [2.24, 2.45) is 0 Å². The molecule has 1 N–H and O–H groups in total. The molecule has 9 nitrogen and oxygen atoms in total. The van der Waals surface area contributed by atoms with Crippen LogP contribution in [0.15, 0.2) is 29.4 Å². The highest BCUT2D eigenvalue weighted by molar-refractivity contribution is 7.99. The summed E-state index contributed by atoms with van der Waals surface area (Å²) in [6.07, 6.45) is 1.90. The Kier molecular flexibility index (Phi) is 3.45. The van der Waals surface area contributed by atoms with Gasteiger partial charge in [0, 0.05) is 17.4 Å². The number of ether oxygens (including phenoxy) is 1. The lowest BCUT2D eigenvalue weighted by molar-refractivity contribution is 0.415. The molecular formula is C16H16N8OS. The Morgan fingerprint density at radius 1 is 1.23 bits per heavy atom. The number of pyridine rings is 1. The number of aryl methyl sites for hydroxylation is 1. The molecule has 0 fully saturated rings. The lowest BCUT2D eigenvalue weighted by Gasteiger charge is -2.14. The molecule has 0 radical (unpaired) electrons. The van der Waals surface area contributed by atoms with Crippen LogP contribution in [-0.4, -0.2) is 42.0 Å². The smallest absolute Gasteiger partial charge is 0.212 e. The van der Waals surface area contributed by atoms with E-state index in [9.17, 15) is 0 Å². The quantitative estimate of drug-likeness (QED) is 0.586.